The van der Waals surface area contributed by atoms with Gasteiger partial charge in [-0.1, -0.05) is 0 Å². The van der Waals surface area contributed by atoms with Crippen LogP contribution in [0.5, 0.6) is 5.75 Å². The fourth-order valence-corrected chi connectivity index (χ4v) is 1.74. The van der Waals surface area contributed by atoms with Crippen molar-refractivity contribution < 1.29 is 45.8 Å². The van der Waals surface area contributed by atoms with Gasteiger partial charge in [0, 0.05) is 11.6 Å². The summed E-state index contributed by atoms with van der Waals surface area (Å²) in [6.07, 6.45) is 0.623. The molecular formula is C15H12ClF5O5. The number of Topliss-reactive ketones (excluding diaryl/α,β-unsaturated/α-hetero) is 1. The summed E-state index contributed by atoms with van der Waals surface area (Å²) < 4.78 is 79.6. The quantitative estimate of drug-likeness (QED) is 0.0758. The Bertz CT molecular complexity index is 730. The van der Waals surface area contributed by atoms with Gasteiger partial charge in [0.1, 0.15) is 11.8 Å². The number of alkyl halides is 3. The van der Waals surface area contributed by atoms with E-state index in [1.807, 2.05) is 0 Å². The molecule has 1 aromatic carbocycles. The molecule has 0 spiro atoms. The second kappa shape index (κ2) is 8.84. The maximum absolute atomic E-state index is 14.3. The van der Waals surface area contributed by atoms with E-state index < -0.39 is 51.7 Å². The first-order chi connectivity index (χ1) is 12.0. The third-order valence-corrected chi connectivity index (χ3v) is 2.76. The van der Waals surface area contributed by atoms with Gasteiger partial charge in [0.25, 0.3) is 0 Å². The molecule has 0 aliphatic rings. The molecule has 0 radical (unpaired) electrons. The van der Waals surface area contributed by atoms with Gasteiger partial charge >= 0.3 is 11.5 Å². The van der Waals surface area contributed by atoms with Crippen molar-refractivity contribution >= 4 is 23.4 Å². The molecule has 0 amide bonds. The van der Waals surface area contributed by atoms with Crippen molar-refractivity contribution in [3.63, 3.8) is 0 Å². The summed E-state index contributed by atoms with van der Waals surface area (Å²) in [5.74, 6) is -10.7. The van der Waals surface area contributed by atoms with Crippen LogP contribution in [0.25, 0.3) is 0 Å². The lowest BCUT2D eigenvalue weighted by molar-refractivity contribution is -0.138. The van der Waals surface area contributed by atoms with Gasteiger partial charge in [-0.15, -0.1) is 8.78 Å². The van der Waals surface area contributed by atoms with Crippen LogP contribution in [0.2, 0.25) is 0 Å². The second-order valence-electron chi connectivity index (χ2n) is 4.45. The highest BCUT2D eigenvalue weighted by Crippen LogP contribution is 2.33. The molecule has 5 nitrogen and oxygen atoms in total. The van der Waals surface area contributed by atoms with Gasteiger partial charge < -0.3 is 14.2 Å². The van der Waals surface area contributed by atoms with E-state index in [0.29, 0.717) is 6.26 Å². The van der Waals surface area contributed by atoms with Crippen molar-refractivity contribution in [1.82, 2.24) is 0 Å². The molecule has 26 heavy (non-hydrogen) atoms. The predicted molar refractivity (Wildman–Crippen MR) is 78.4 cm³/mol. The summed E-state index contributed by atoms with van der Waals surface area (Å²) >= 11 is 4.42. The van der Waals surface area contributed by atoms with Crippen molar-refractivity contribution in [3.8, 4) is 5.75 Å². The molecule has 0 saturated carbocycles. The fourth-order valence-electron chi connectivity index (χ4n) is 1.67. The van der Waals surface area contributed by atoms with E-state index in [2.05, 4.69) is 21.1 Å². The molecule has 0 saturated heterocycles. The van der Waals surface area contributed by atoms with Gasteiger partial charge in [-0.3, -0.25) is 4.79 Å². The van der Waals surface area contributed by atoms with E-state index in [1.54, 1.807) is 0 Å². The van der Waals surface area contributed by atoms with Crippen LogP contribution in [0, 0.1) is 17.5 Å². The fraction of sp³-hybridized carbons (Fsp3) is 0.333. The Hall–Kier alpha value is -2.36. The number of carbonyl (C=O) groups is 2. The third kappa shape index (κ3) is 5.32. The highest BCUT2D eigenvalue weighted by atomic mass is 35.5. The zero-order valence-electron chi connectivity index (χ0n) is 13.4. The first-order valence-corrected chi connectivity index (χ1v) is 7.38. The topological polar surface area (TPSA) is 61.8 Å². The molecule has 0 aliphatic heterocycles. The summed E-state index contributed by atoms with van der Waals surface area (Å²) in [4.78, 5) is 24.1. The zero-order valence-corrected chi connectivity index (χ0v) is 14.1. The van der Waals surface area contributed by atoms with Crippen LogP contribution >= 0.6 is 11.6 Å². The lowest BCUT2D eigenvalue weighted by atomic mass is 10.0. The van der Waals surface area contributed by atoms with E-state index in [4.69, 9.17) is 4.74 Å². The number of rotatable bonds is 8. The molecule has 0 aromatic heterocycles. The largest absolute Gasteiger partial charge is 0.500 e. The van der Waals surface area contributed by atoms with Gasteiger partial charge in [0.05, 0.1) is 18.8 Å². The Balaban J connectivity index is 3.48. The smallest absolute Gasteiger partial charge is 0.487 e. The van der Waals surface area contributed by atoms with E-state index in [9.17, 15) is 31.5 Å². The number of ketones is 1. The van der Waals surface area contributed by atoms with Gasteiger partial charge in [0.15, 0.2) is 11.6 Å². The average molecular weight is 403 g/mol. The third-order valence-electron chi connectivity index (χ3n) is 2.69. The number of esters is 1. The number of benzene rings is 1. The molecule has 0 aliphatic carbocycles. The Morgan fingerprint density at radius 2 is 1.77 bits per heavy atom. The summed E-state index contributed by atoms with van der Waals surface area (Å²) in [7, 11) is 0. The molecule has 0 atom stereocenters. The maximum atomic E-state index is 14.3. The molecule has 1 aromatic rings. The molecule has 1 rings (SSSR count). The first-order valence-electron chi connectivity index (χ1n) is 7.00. The molecule has 0 N–H and O–H groups in total. The minimum atomic E-state index is -4.58. The lowest BCUT2D eigenvalue weighted by Crippen LogP contribution is -2.21. The van der Waals surface area contributed by atoms with Gasteiger partial charge in [0.2, 0.25) is 17.3 Å². The van der Waals surface area contributed by atoms with Crippen LogP contribution in [0.1, 0.15) is 24.2 Å². The van der Waals surface area contributed by atoms with Crippen LogP contribution in [-0.4, -0.2) is 30.5 Å². The Morgan fingerprint density at radius 1 is 1.15 bits per heavy atom. The summed E-state index contributed by atoms with van der Waals surface area (Å²) in [5.41, 5.74) is -6.72. The Labute approximate surface area is 149 Å². The van der Waals surface area contributed by atoms with Gasteiger partial charge in [-0.25, -0.2) is 13.6 Å². The van der Waals surface area contributed by atoms with Crippen molar-refractivity contribution in [2.45, 2.75) is 19.4 Å². The van der Waals surface area contributed by atoms with E-state index >= 15 is 0 Å². The van der Waals surface area contributed by atoms with Gasteiger partial charge in [-0.2, -0.15) is 4.39 Å². The number of carbonyl (C=O) groups excluding carboxylic acids is 2. The van der Waals surface area contributed by atoms with Crippen molar-refractivity contribution in [2.75, 3.05) is 13.2 Å². The molecule has 0 bridgehead atoms. The summed E-state index contributed by atoms with van der Waals surface area (Å²) in [5, 5.41) is 0. The molecular weight excluding hydrogens is 391 g/mol. The Morgan fingerprint density at radius 3 is 2.27 bits per heavy atom. The number of halogens is 6. The number of ether oxygens (including phenoxy) is 3. The number of hydrogen-bond acceptors (Lipinski definition) is 5. The van der Waals surface area contributed by atoms with Crippen molar-refractivity contribution in [1.29, 1.82) is 0 Å². The first kappa shape index (κ1) is 21.7. The molecule has 0 heterocycles. The molecule has 0 fully saturated rings. The average Bonchev–Trinajstić information content (AvgIpc) is 2.54. The van der Waals surface area contributed by atoms with Crippen LogP contribution in [0.4, 0.5) is 22.0 Å². The van der Waals surface area contributed by atoms with Crippen molar-refractivity contribution in [2.24, 2.45) is 0 Å². The summed E-state index contributed by atoms with van der Waals surface area (Å²) in [6.45, 7) is 2.75. The predicted octanol–water partition coefficient (Wildman–Crippen LogP) is 3.94. The molecule has 11 heteroatoms. The summed E-state index contributed by atoms with van der Waals surface area (Å²) in [6, 6.07) is 0.0746. The van der Waals surface area contributed by atoms with Crippen LogP contribution < -0.4 is 4.74 Å². The van der Waals surface area contributed by atoms with Crippen LogP contribution in [0.3, 0.4) is 0 Å². The minimum absolute atomic E-state index is 0.00325. The van der Waals surface area contributed by atoms with Crippen LogP contribution in [-0.2, 0) is 14.3 Å². The standard InChI is InChI=1S/C15H12ClF5O5/c1-3-24-6-8(14(23)25-4-2)12(22)7-5-9(17)11(19)13(10(7)18)26-15(16,20)21/h5-6H,3-4H2,1-2H3/b8-6-. The highest BCUT2D eigenvalue weighted by molar-refractivity contribution is 6.24. The minimum Gasteiger partial charge on any atom is -0.500 e. The Kier molecular flexibility index (Phi) is 7.37. The monoisotopic (exact) mass is 402 g/mol. The van der Waals surface area contributed by atoms with Gasteiger partial charge in [-0.05, 0) is 19.9 Å². The van der Waals surface area contributed by atoms with Crippen LogP contribution in [0.15, 0.2) is 17.9 Å². The van der Waals surface area contributed by atoms with Crippen molar-refractivity contribution in [3.05, 3.63) is 40.9 Å². The van der Waals surface area contributed by atoms with E-state index in [1.165, 1.54) is 13.8 Å². The lowest BCUT2D eigenvalue weighted by Gasteiger charge is -2.14. The molecule has 0 unspecified atom stereocenters. The second-order valence-corrected chi connectivity index (χ2v) is 4.89. The SMILES string of the molecule is CCO/C=C(\C(=O)OCC)C(=O)c1cc(F)c(F)c(OC(F)(F)Cl)c1F. The van der Waals surface area contributed by atoms with E-state index in [0.717, 1.165) is 0 Å². The number of hydrogen-bond donors (Lipinski definition) is 0. The molecule has 144 valence electrons. The maximum Gasteiger partial charge on any atom is 0.487 e. The normalized spacial score (nSPS) is 11.9. The zero-order chi connectivity index (χ0) is 20.1. The van der Waals surface area contributed by atoms with E-state index in [-0.39, 0.29) is 19.3 Å². The highest BCUT2D eigenvalue weighted by Gasteiger charge is 2.35.